The van der Waals surface area contributed by atoms with Gasteiger partial charge in [0.05, 0.1) is 7.11 Å². The molecule has 0 spiro atoms. The Hall–Kier alpha value is -2.73. The summed E-state index contributed by atoms with van der Waals surface area (Å²) in [6.07, 6.45) is 4.23. The summed E-state index contributed by atoms with van der Waals surface area (Å²) >= 11 is 6.11. The Morgan fingerprint density at radius 3 is 2.45 bits per heavy atom. The maximum Gasteiger partial charge on any atom is 0.261 e. The fraction of sp³-hybridized carbons (Fsp3) is 0.417. The lowest BCUT2D eigenvalue weighted by molar-refractivity contribution is -0.142. The zero-order valence-electron chi connectivity index (χ0n) is 18.0. The highest BCUT2D eigenvalue weighted by Crippen LogP contribution is 2.20. The Bertz CT molecular complexity index is 881. The molecule has 1 atom stereocenters. The summed E-state index contributed by atoms with van der Waals surface area (Å²) in [7, 11) is 1.59. The molecule has 2 aromatic carbocycles. The third kappa shape index (κ3) is 6.62. The summed E-state index contributed by atoms with van der Waals surface area (Å²) in [4.78, 5) is 27.5. The number of carbonyl (C=O) groups excluding carboxylic acids is 2. The summed E-state index contributed by atoms with van der Waals surface area (Å²) in [6.45, 7) is 1.85. The number of methoxy groups -OCH3 is 1. The van der Waals surface area contributed by atoms with Crippen LogP contribution in [0.1, 0.15) is 38.2 Å². The predicted octanol–water partition coefficient (Wildman–Crippen LogP) is 4.20. The van der Waals surface area contributed by atoms with Crippen molar-refractivity contribution >= 4 is 23.4 Å². The average molecular weight is 445 g/mol. The molecular weight excluding hydrogens is 416 g/mol. The second-order valence-corrected chi connectivity index (χ2v) is 8.22. The number of halogens is 1. The molecule has 0 bridgehead atoms. The topological polar surface area (TPSA) is 67.9 Å². The summed E-state index contributed by atoms with van der Waals surface area (Å²) in [5, 5.41) is 3.67. The van der Waals surface area contributed by atoms with Gasteiger partial charge in [0.2, 0.25) is 5.91 Å². The minimum absolute atomic E-state index is 0.147. The lowest BCUT2D eigenvalue weighted by atomic mass is 10.1. The van der Waals surface area contributed by atoms with Crippen molar-refractivity contribution in [2.45, 2.75) is 51.2 Å². The van der Waals surface area contributed by atoms with E-state index in [0.717, 1.165) is 31.2 Å². The zero-order valence-corrected chi connectivity index (χ0v) is 18.7. The van der Waals surface area contributed by atoms with Crippen LogP contribution in [0, 0.1) is 0 Å². The van der Waals surface area contributed by atoms with Crippen LogP contribution in [-0.4, -0.2) is 42.5 Å². The number of hydrogen-bond acceptors (Lipinski definition) is 4. The predicted molar refractivity (Wildman–Crippen MR) is 120 cm³/mol. The number of amides is 2. The quantitative estimate of drug-likeness (QED) is 0.629. The highest BCUT2D eigenvalue weighted by molar-refractivity contribution is 6.30. The van der Waals surface area contributed by atoms with Crippen molar-refractivity contribution in [1.29, 1.82) is 0 Å². The first kappa shape index (κ1) is 22.9. The first-order chi connectivity index (χ1) is 15.0. The highest BCUT2D eigenvalue weighted by atomic mass is 35.5. The van der Waals surface area contributed by atoms with E-state index in [2.05, 4.69) is 5.32 Å². The van der Waals surface area contributed by atoms with E-state index in [-0.39, 0.29) is 31.0 Å². The van der Waals surface area contributed by atoms with Crippen LogP contribution in [0.2, 0.25) is 5.02 Å². The molecule has 1 aliphatic rings. The number of benzene rings is 2. The van der Waals surface area contributed by atoms with Crippen LogP contribution in [0.3, 0.4) is 0 Å². The third-order valence-corrected chi connectivity index (χ3v) is 5.77. The molecule has 3 rings (SSSR count). The Labute approximate surface area is 188 Å². The minimum Gasteiger partial charge on any atom is -0.497 e. The van der Waals surface area contributed by atoms with Gasteiger partial charge in [-0.2, -0.15) is 0 Å². The number of hydrogen-bond donors (Lipinski definition) is 1. The summed E-state index contributed by atoms with van der Waals surface area (Å²) in [5.74, 6) is 0.843. The van der Waals surface area contributed by atoms with Crippen molar-refractivity contribution in [2.24, 2.45) is 0 Å². The van der Waals surface area contributed by atoms with Crippen molar-refractivity contribution in [3.05, 3.63) is 59.1 Å². The fourth-order valence-electron chi connectivity index (χ4n) is 3.71. The van der Waals surface area contributed by atoms with Crippen LogP contribution in [0.25, 0.3) is 0 Å². The van der Waals surface area contributed by atoms with Crippen LogP contribution < -0.4 is 14.8 Å². The SMILES string of the molecule is COc1ccc(OCC(=O)N(Cc2cccc(Cl)c2)[C@@H](C)C(=O)NC2CCCC2)cc1. The number of carbonyl (C=O) groups is 2. The number of nitrogens with zero attached hydrogens (tertiary/aromatic N) is 1. The lowest BCUT2D eigenvalue weighted by Gasteiger charge is -2.29. The molecule has 6 nitrogen and oxygen atoms in total. The molecule has 2 amide bonds. The molecular formula is C24H29ClN2O4. The molecule has 0 aromatic heterocycles. The molecule has 0 radical (unpaired) electrons. The van der Waals surface area contributed by atoms with Crippen LogP contribution in [0.5, 0.6) is 11.5 Å². The molecule has 1 fully saturated rings. The van der Waals surface area contributed by atoms with Gasteiger partial charge in [0.1, 0.15) is 17.5 Å². The van der Waals surface area contributed by atoms with E-state index in [0.29, 0.717) is 16.5 Å². The third-order valence-electron chi connectivity index (χ3n) is 5.53. The molecule has 0 unspecified atom stereocenters. The maximum atomic E-state index is 13.1. The van der Waals surface area contributed by atoms with Crippen molar-refractivity contribution in [2.75, 3.05) is 13.7 Å². The van der Waals surface area contributed by atoms with Crippen LogP contribution in [0.4, 0.5) is 0 Å². The van der Waals surface area contributed by atoms with Gasteiger partial charge >= 0.3 is 0 Å². The van der Waals surface area contributed by atoms with E-state index < -0.39 is 6.04 Å². The van der Waals surface area contributed by atoms with Gasteiger partial charge in [0, 0.05) is 17.6 Å². The van der Waals surface area contributed by atoms with Gasteiger partial charge in [-0.05, 0) is 61.7 Å². The smallest absolute Gasteiger partial charge is 0.261 e. The Kier molecular flexibility index (Phi) is 8.18. The van der Waals surface area contributed by atoms with E-state index in [1.54, 1.807) is 55.3 Å². The van der Waals surface area contributed by atoms with Gasteiger partial charge < -0.3 is 19.7 Å². The number of ether oxygens (including phenoxy) is 2. The first-order valence-corrected chi connectivity index (χ1v) is 10.9. The number of rotatable bonds is 9. The zero-order chi connectivity index (χ0) is 22.2. The van der Waals surface area contributed by atoms with Crippen molar-refractivity contribution in [1.82, 2.24) is 10.2 Å². The van der Waals surface area contributed by atoms with Crippen LogP contribution >= 0.6 is 11.6 Å². The molecule has 31 heavy (non-hydrogen) atoms. The van der Waals surface area contributed by atoms with E-state index in [1.165, 1.54) is 0 Å². The summed E-state index contributed by atoms with van der Waals surface area (Å²) in [6, 6.07) is 13.9. The van der Waals surface area contributed by atoms with E-state index in [1.807, 2.05) is 12.1 Å². The lowest BCUT2D eigenvalue weighted by Crippen LogP contribution is -2.50. The van der Waals surface area contributed by atoms with Crippen molar-refractivity contribution < 1.29 is 19.1 Å². The van der Waals surface area contributed by atoms with Crippen molar-refractivity contribution in [3.8, 4) is 11.5 Å². The van der Waals surface area contributed by atoms with Gasteiger partial charge in [-0.15, -0.1) is 0 Å². The van der Waals surface area contributed by atoms with Gasteiger partial charge in [-0.1, -0.05) is 36.6 Å². The molecule has 0 saturated heterocycles. The molecule has 7 heteroatoms. The largest absolute Gasteiger partial charge is 0.497 e. The van der Waals surface area contributed by atoms with E-state index in [9.17, 15) is 9.59 Å². The van der Waals surface area contributed by atoms with Gasteiger partial charge in [-0.25, -0.2) is 0 Å². The highest BCUT2D eigenvalue weighted by Gasteiger charge is 2.28. The molecule has 1 saturated carbocycles. The molecule has 2 aromatic rings. The van der Waals surface area contributed by atoms with Crippen molar-refractivity contribution in [3.63, 3.8) is 0 Å². The van der Waals surface area contributed by atoms with E-state index in [4.69, 9.17) is 21.1 Å². The van der Waals surface area contributed by atoms with Gasteiger partial charge in [-0.3, -0.25) is 9.59 Å². The summed E-state index contributed by atoms with van der Waals surface area (Å²) < 4.78 is 10.8. The first-order valence-electron chi connectivity index (χ1n) is 10.6. The van der Waals surface area contributed by atoms with Crippen LogP contribution in [0.15, 0.2) is 48.5 Å². The normalized spacial score (nSPS) is 14.7. The molecule has 1 aliphatic carbocycles. The average Bonchev–Trinajstić information content (AvgIpc) is 3.28. The fourth-order valence-corrected chi connectivity index (χ4v) is 3.92. The Morgan fingerprint density at radius 2 is 1.81 bits per heavy atom. The minimum atomic E-state index is -0.633. The molecule has 0 heterocycles. The second-order valence-electron chi connectivity index (χ2n) is 7.78. The maximum absolute atomic E-state index is 13.1. The molecule has 1 N–H and O–H groups in total. The Balaban J connectivity index is 1.69. The monoisotopic (exact) mass is 444 g/mol. The van der Waals surface area contributed by atoms with Gasteiger partial charge in [0.25, 0.3) is 5.91 Å². The van der Waals surface area contributed by atoms with Crippen LogP contribution in [-0.2, 0) is 16.1 Å². The second kappa shape index (κ2) is 11.0. The standard InChI is InChI=1S/C24H29ClN2O4/c1-17(24(29)26-20-8-3-4-9-20)27(15-18-6-5-7-19(25)14-18)23(28)16-31-22-12-10-21(30-2)11-13-22/h5-7,10-14,17,20H,3-4,8-9,15-16H2,1-2H3,(H,26,29)/t17-/m0/s1. The molecule has 0 aliphatic heterocycles. The van der Waals surface area contributed by atoms with Gasteiger partial charge in [0.15, 0.2) is 6.61 Å². The Morgan fingerprint density at radius 1 is 1.13 bits per heavy atom. The summed E-state index contributed by atoms with van der Waals surface area (Å²) in [5.41, 5.74) is 0.853. The molecule has 166 valence electrons. The van der Waals surface area contributed by atoms with E-state index >= 15 is 0 Å². The number of nitrogens with one attached hydrogen (secondary N) is 1.